The van der Waals surface area contributed by atoms with Crippen LogP contribution in [0.15, 0.2) is 34.7 Å². The summed E-state index contributed by atoms with van der Waals surface area (Å²) < 4.78 is 5.73. The molecule has 0 spiro atoms. The standard InChI is InChI=1S/C18H19N3O3/c1-12-15(19-16(24-12)13-5-3-2-4-6-13)11-20-9-10-21(14-7-8-14)18(23)17(20)22/h2-6,14H,7-11H2,1H3. The Balaban J connectivity index is 1.50. The lowest BCUT2D eigenvalue weighted by molar-refractivity contribution is -0.156. The van der Waals surface area contributed by atoms with Crippen LogP contribution in [0.2, 0.25) is 0 Å². The predicted octanol–water partition coefficient (Wildman–Crippen LogP) is 1.98. The molecule has 0 bridgehead atoms. The van der Waals surface area contributed by atoms with Crippen LogP contribution in [0.25, 0.3) is 11.5 Å². The van der Waals surface area contributed by atoms with Crippen molar-refractivity contribution in [2.75, 3.05) is 13.1 Å². The number of piperazine rings is 1. The highest BCUT2D eigenvalue weighted by Crippen LogP contribution is 2.29. The summed E-state index contributed by atoms with van der Waals surface area (Å²) in [5.74, 6) is 0.405. The van der Waals surface area contributed by atoms with Crippen molar-refractivity contribution < 1.29 is 14.0 Å². The summed E-state index contributed by atoms with van der Waals surface area (Å²) in [4.78, 5) is 32.3. The van der Waals surface area contributed by atoms with Gasteiger partial charge in [-0.25, -0.2) is 4.98 Å². The first kappa shape index (κ1) is 14.9. The molecule has 6 heteroatoms. The summed E-state index contributed by atoms with van der Waals surface area (Å²) in [5.41, 5.74) is 1.60. The molecule has 4 rings (SSSR count). The van der Waals surface area contributed by atoms with Crippen molar-refractivity contribution in [1.82, 2.24) is 14.8 Å². The maximum Gasteiger partial charge on any atom is 0.312 e. The Morgan fingerprint density at radius 3 is 2.58 bits per heavy atom. The average molecular weight is 325 g/mol. The van der Waals surface area contributed by atoms with E-state index in [0.29, 0.717) is 37.0 Å². The Morgan fingerprint density at radius 1 is 1.12 bits per heavy atom. The molecule has 1 aromatic carbocycles. The molecule has 2 fully saturated rings. The van der Waals surface area contributed by atoms with Crippen molar-refractivity contribution in [1.29, 1.82) is 0 Å². The van der Waals surface area contributed by atoms with Crippen LogP contribution in [-0.2, 0) is 16.1 Å². The Kier molecular flexibility index (Phi) is 3.59. The molecule has 1 saturated carbocycles. The minimum atomic E-state index is -0.434. The van der Waals surface area contributed by atoms with Crippen LogP contribution in [-0.4, -0.2) is 45.7 Å². The number of hydrogen-bond donors (Lipinski definition) is 0. The first-order chi connectivity index (χ1) is 11.6. The second-order valence-electron chi connectivity index (χ2n) is 6.34. The molecule has 0 unspecified atom stereocenters. The third kappa shape index (κ3) is 2.68. The number of aryl methyl sites for hydroxylation is 1. The lowest BCUT2D eigenvalue weighted by Gasteiger charge is -2.33. The number of carbonyl (C=O) groups excluding carboxylic acids is 2. The molecule has 0 atom stereocenters. The number of rotatable bonds is 4. The van der Waals surface area contributed by atoms with Crippen LogP contribution < -0.4 is 0 Å². The molecule has 0 radical (unpaired) electrons. The van der Waals surface area contributed by atoms with E-state index in [1.807, 2.05) is 37.3 Å². The topological polar surface area (TPSA) is 66.7 Å². The molecule has 2 amide bonds. The lowest BCUT2D eigenvalue weighted by Crippen LogP contribution is -2.54. The van der Waals surface area contributed by atoms with Gasteiger partial charge in [0.25, 0.3) is 0 Å². The van der Waals surface area contributed by atoms with Gasteiger partial charge in [-0.1, -0.05) is 18.2 Å². The van der Waals surface area contributed by atoms with Crippen molar-refractivity contribution in [3.8, 4) is 11.5 Å². The van der Waals surface area contributed by atoms with Gasteiger partial charge in [0.2, 0.25) is 5.89 Å². The molecule has 2 aliphatic rings. The molecular formula is C18H19N3O3. The zero-order valence-corrected chi connectivity index (χ0v) is 13.6. The summed E-state index contributed by atoms with van der Waals surface area (Å²) in [7, 11) is 0. The lowest BCUT2D eigenvalue weighted by atomic mass is 10.2. The van der Waals surface area contributed by atoms with Gasteiger partial charge in [0.1, 0.15) is 11.5 Å². The van der Waals surface area contributed by atoms with Gasteiger partial charge in [-0.2, -0.15) is 0 Å². The average Bonchev–Trinajstić information content (AvgIpc) is 3.37. The molecular weight excluding hydrogens is 306 g/mol. The number of oxazole rings is 1. The first-order valence-electron chi connectivity index (χ1n) is 8.25. The normalized spacial score (nSPS) is 18.4. The third-order valence-corrected chi connectivity index (χ3v) is 4.58. The molecule has 1 aliphatic carbocycles. The monoisotopic (exact) mass is 325 g/mol. The van der Waals surface area contributed by atoms with Gasteiger partial charge < -0.3 is 14.2 Å². The minimum Gasteiger partial charge on any atom is -0.441 e. The van der Waals surface area contributed by atoms with Gasteiger partial charge in [-0.05, 0) is 31.9 Å². The molecule has 1 aliphatic heterocycles. The zero-order chi connectivity index (χ0) is 16.7. The fraction of sp³-hybridized carbons (Fsp3) is 0.389. The van der Waals surface area contributed by atoms with Gasteiger partial charge in [-0.3, -0.25) is 9.59 Å². The van der Waals surface area contributed by atoms with E-state index in [1.165, 1.54) is 0 Å². The Labute approximate surface area is 140 Å². The van der Waals surface area contributed by atoms with Gasteiger partial charge in [0.05, 0.1) is 6.54 Å². The first-order valence-corrected chi connectivity index (χ1v) is 8.25. The van der Waals surface area contributed by atoms with Gasteiger partial charge in [0.15, 0.2) is 0 Å². The maximum atomic E-state index is 12.3. The van der Waals surface area contributed by atoms with E-state index >= 15 is 0 Å². The van der Waals surface area contributed by atoms with Gasteiger partial charge in [-0.15, -0.1) is 0 Å². The molecule has 0 N–H and O–H groups in total. The van der Waals surface area contributed by atoms with E-state index in [9.17, 15) is 9.59 Å². The van der Waals surface area contributed by atoms with E-state index in [0.717, 1.165) is 18.4 Å². The number of aromatic nitrogens is 1. The quantitative estimate of drug-likeness (QED) is 0.806. The van der Waals surface area contributed by atoms with Crippen LogP contribution in [0, 0.1) is 6.92 Å². The van der Waals surface area contributed by atoms with Crippen LogP contribution in [0.4, 0.5) is 0 Å². The number of nitrogens with zero attached hydrogens (tertiary/aromatic N) is 3. The van der Waals surface area contributed by atoms with Crippen molar-refractivity contribution in [2.24, 2.45) is 0 Å². The van der Waals surface area contributed by atoms with Crippen LogP contribution >= 0.6 is 0 Å². The molecule has 1 saturated heterocycles. The summed E-state index contributed by atoms with van der Waals surface area (Å²) in [6, 6.07) is 9.92. The summed E-state index contributed by atoms with van der Waals surface area (Å²) in [6.45, 7) is 3.30. The fourth-order valence-electron chi connectivity index (χ4n) is 3.03. The smallest absolute Gasteiger partial charge is 0.312 e. The number of hydrogen-bond acceptors (Lipinski definition) is 4. The van der Waals surface area contributed by atoms with Crippen molar-refractivity contribution in [2.45, 2.75) is 32.4 Å². The van der Waals surface area contributed by atoms with Gasteiger partial charge in [0, 0.05) is 24.7 Å². The Morgan fingerprint density at radius 2 is 1.88 bits per heavy atom. The van der Waals surface area contributed by atoms with Crippen molar-refractivity contribution >= 4 is 11.8 Å². The summed E-state index contributed by atoms with van der Waals surface area (Å²) >= 11 is 0. The minimum absolute atomic E-state index is 0.280. The van der Waals surface area contributed by atoms with Crippen LogP contribution in [0.5, 0.6) is 0 Å². The summed E-state index contributed by atoms with van der Waals surface area (Å²) in [5, 5.41) is 0. The number of amides is 2. The third-order valence-electron chi connectivity index (χ3n) is 4.58. The zero-order valence-electron chi connectivity index (χ0n) is 13.6. The van der Waals surface area contributed by atoms with E-state index in [1.54, 1.807) is 9.80 Å². The molecule has 1 aromatic heterocycles. The Bertz CT molecular complexity index is 780. The van der Waals surface area contributed by atoms with E-state index in [-0.39, 0.29) is 11.9 Å². The fourth-order valence-corrected chi connectivity index (χ4v) is 3.03. The Hall–Kier alpha value is -2.63. The van der Waals surface area contributed by atoms with E-state index in [2.05, 4.69) is 4.98 Å². The largest absolute Gasteiger partial charge is 0.441 e. The molecule has 124 valence electrons. The second-order valence-corrected chi connectivity index (χ2v) is 6.34. The highest BCUT2D eigenvalue weighted by atomic mass is 16.4. The van der Waals surface area contributed by atoms with E-state index < -0.39 is 5.91 Å². The van der Waals surface area contributed by atoms with Crippen LogP contribution in [0.1, 0.15) is 24.3 Å². The number of carbonyl (C=O) groups is 2. The van der Waals surface area contributed by atoms with Gasteiger partial charge >= 0.3 is 11.8 Å². The van der Waals surface area contributed by atoms with E-state index in [4.69, 9.17) is 4.42 Å². The highest BCUT2D eigenvalue weighted by molar-refractivity contribution is 6.35. The SMILES string of the molecule is Cc1oc(-c2ccccc2)nc1CN1CCN(C2CC2)C(=O)C1=O. The molecule has 6 nitrogen and oxygen atoms in total. The van der Waals surface area contributed by atoms with Crippen molar-refractivity contribution in [3.05, 3.63) is 41.8 Å². The second kappa shape index (κ2) is 5.78. The molecule has 2 aromatic rings. The summed E-state index contributed by atoms with van der Waals surface area (Å²) in [6.07, 6.45) is 2.03. The molecule has 2 heterocycles. The maximum absolute atomic E-state index is 12.3. The predicted molar refractivity (Wildman–Crippen MR) is 86.8 cm³/mol. The van der Waals surface area contributed by atoms with Crippen LogP contribution in [0.3, 0.4) is 0 Å². The van der Waals surface area contributed by atoms with Crippen molar-refractivity contribution in [3.63, 3.8) is 0 Å². The number of benzene rings is 1. The highest BCUT2D eigenvalue weighted by Gasteiger charge is 2.40. The molecule has 24 heavy (non-hydrogen) atoms.